The SMILES string of the molecule is O=C(NCCCN1CCN(c2ccccc2F)CC1)c1ccc(Cl)cc1Cl. The molecule has 2 aromatic carbocycles. The molecule has 0 aliphatic carbocycles. The van der Waals surface area contributed by atoms with E-state index in [9.17, 15) is 9.18 Å². The molecule has 1 amide bonds. The average Bonchev–Trinajstić information content (AvgIpc) is 2.66. The molecule has 1 saturated heterocycles. The van der Waals surface area contributed by atoms with Gasteiger partial charge in [-0.3, -0.25) is 9.69 Å². The number of para-hydroxylation sites is 1. The van der Waals surface area contributed by atoms with E-state index in [-0.39, 0.29) is 11.7 Å². The van der Waals surface area contributed by atoms with Gasteiger partial charge in [-0.15, -0.1) is 0 Å². The van der Waals surface area contributed by atoms with Crippen molar-refractivity contribution in [3.8, 4) is 0 Å². The highest BCUT2D eigenvalue weighted by Gasteiger charge is 2.19. The fourth-order valence-corrected chi connectivity index (χ4v) is 3.69. The molecule has 3 rings (SSSR count). The van der Waals surface area contributed by atoms with Crippen molar-refractivity contribution in [3.63, 3.8) is 0 Å². The van der Waals surface area contributed by atoms with E-state index in [4.69, 9.17) is 23.2 Å². The molecule has 27 heavy (non-hydrogen) atoms. The molecular formula is C20H22Cl2FN3O. The number of nitrogens with one attached hydrogen (secondary N) is 1. The molecule has 0 spiro atoms. The van der Waals surface area contributed by atoms with E-state index >= 15 is 0 Å². The molecule has 0 unspecified atom stereocenters. The second kappa shape index (κ2) is 9.40. The van der Waals surface area contributed by atoms with Gasteiger partial charge < -0.3 is 10.2 Å². The van der Waals surface area contributed by atoms with E-state index in [2.05, 4.69) is 15.1 Å². The monoisotopic (exact) mass is 409 g/mol. The number of rotatable bonds is 6. The third-order valence-electron chi connectivity index (χ3n) is 4.68. The molecule has 0 bridgehead atoms. The molecule has 1 aliphatic rings. The minimum atomic E-state index is -0.193. The van der Waals surface area contributed by atoms with E-state index in [1.54, 1.807) is 24.3 Å². The first-order valence-electron chi connectivity index (χ1n) is 8.99. The van der Waals surface area contributed by atoms with Gasteiger partial charge >= 0.3 is 0 Å². The van der Waals surface area contributed by atoms with Crippen molar-refractivity contribution in [2.24, 2.45) is 0 Å². The highest BCUT2D eigenvalue weighted by molar-refractivity contribution is 6.36. The third-order valence-corrected chi connectivity index (χ3v) is 5.23. The Kier molecular flexibility index (Phi) is 6.94. The number of hydrogen-bond donors (Lipinski definition) is 1. The van der Waals surface area contributed by atoms with Gasteiger partial charge in [-0.25, -0.2) is 4.39 Å². The Morgan fingerprint density at radius 2 is 1.81 bits per heavy atom. The Labute approximate surface area is 168 Å². The van der Waals surface area contributed by atoms with Crippen LogP contribution in [0.25, 0.3) is 0 Å². The van der Waals surface area contributed by atoms with Gasteiger partial charge in [-0.2, -0.15) is 0 Å². The van der Waals surface area contributed by atoms with Crippen LogP contribution in [0.5, 0.6) is 0 Å². The summed E-state index contributed by atoms with van der Waals surface area (Å²) in [6, 6.07) is 11.7. The molecule has 4 nitrogen and oxygen atoms in total. The fraction of sp³-hybridized carbons (Fsp3) is 0.350. The van der Waals surface area contributed by atoms with E-state index in [0.717, 1.165) is 39.1 Å². The second-order valence-electron chi connectivity index (χ2n) is 6.51. The number of piperazine rings is 1. The fourth-order valence-electron chi connectivity index (χ4n) is 3.19. The maximum atomic E-state index is 13.9. The normalized spacial score (nSPS) is 15.0. The highest BCUT2D eigenvalue weighted by atomic mass is 35.5. The summed E-state index contributed by atoms with van der Waals surface area (Å²) in [5.41, 5.74) is 1.10. The van der Waals surface area contributed by atoms with Gasteiger partial charge in [-0.1, -0.05) is 35.3 Å². The van der Waals surface area contributed by atoms with Gasteiger partial charge in [0.1, 0.15) is 5.82 Å². The number of halogens is 3. The third kappa shape index (κ3) is 5.34. The van der Waals surface area contributed by atoms with Gasteiger partial charge in [0.15, 0.2) is 0 Å². The first-order valence-corrected chi connectivity index (χ1v) is 9.75. The molecule has 1 heterocycles. The topological polar surface area (TPSA) is 35.6 Å². The van der Waals surface area contributed by atoms with Crippen molar-refractivity contribution in [2.75, 3.05) is 44.2 Å². The highest BCUT2D eigenvalue weighted by Crippen LogP contribution is 2.21. The molecule has 1 fully saturated rings. The van der Waals surface area contributed by atoms with E-state index in [0.29, 0.717) is 27.8 Å². The Balaban J connectivity index is 1.38. The first-order chi connectivity index (χ1) is 13.0. The minimum absolute atomic E-state index is 0.172. The molecule has 1 N–H and O–H groups in total. The lowest BCUT2D eigenvalue weighted by molar-refractivity contribution is 0.0951. The molecule has 1 aliphatic heterocycles. The number of carbonyl (C=O) groups excluding carboxylic acids is 1. The molecule has 7 heteroatoms. The van der Waals surface area contributed by atoms with Crippen molar-refractivity contribution in [3.05, 3.63) is 63.9 Å². The lowest BCUT2D eigenvalue weighted by atomic mass is 10.2. The van der Waals surface area contributed by atoms with Crippen LogP contribution in [0, 0.1) is 5.82 Å². The van der Waals surface area contributed by atoms with E-state index in [1.807, 2.05) is 12.1 Å². The molecule has 0 radical (unpaired) electrons. The van der Waals surface area contributed by atoms with Crippen molar-refractivity contribution in [1.82, 2.24) is 10.2 Å². The van der Waals surface area contributed by atoms with Crippen LogP contribution < -0.4 is 10.2 Å². The standard InChI is InChI=1S/C20H22Cl2FN3O/c21-15-6-7-16(17(22)14-15)20(27)24-8-3-9-25-10-12-26(13-11-25)19-5-2-1-4-18(19)23/h1-2,4-7,14H,3,8-13H2,(H,24,27). The van der Waals surface area contributed by atoms with Gasteiger partial charge in [-0.05, 0) is 43.3 Å². The maximum Gasteiger partial charge on any atom is 0.252 e. The van der Waals surface area contributed by atoms with E-state index in [1.165, 1.54) is 6.07 Å². The van der Waals surface area contributed by atoms with Crippen LogP contribution in [0.2, 0.25) is 10.0 Å². The number of amides is 1. The summed E-state index contributed by atoms with van der Waals surface area (Å²) < 4.78 is 13.9. The van der Waals surface area contributed by atoms with Crippen LogP contribution >= 0.6 is 23.2 Å². The summed E-state index contributed by atoms with van der Waals surface area (Å²) in [4.78, 5) is 16.6. The zero-order valence-electron chi connectivity index (χ0n) is 14.9. The Bertz CT molecular complexity index is 795. The first kappa shape index (κ1) is 19.9. The van der Waals surface area contributed by atoms with Crippen molar-refractivity contribution in [1.29, 1.82) is 0 Å². The predicted octanol–water partition coefficient (Wildman–Crippen LogP) is 4.07. The largest absolute Gasteiger partial charge is 0.367 e. The summed E-state index contributed by atoms with van der Waals surface area (Å²) in [6.07, 6.45) is 0.844. The summed E-state index contributed by atoms with van der Waals surface area (Å²) in [5, 5.41) is 3.74. The number of nitrogens with zero attached hydrogens (tertiary/aromatic N) is 2. The Morgan fingerprint density at radius 1 is 1.07 bits per heavy atom. The van der Waals surface area contributed by atoms with E-state index < -0.39 is 0 Å². The van der Waals surface area contributed by atoms with Gasteiger partial charge in [0.2, 0.25) is 0 Å². The molecular weight excluding hydrogens is 388 g/mol. The number of benzene rings is 2. The lowest BCUT2D eigenvalue weighted by Crippen LogP contribution is -2.47. The molecule has 0 atom stereocenters. The second-order valence-corrected chi connectivity index (χ2v) is 7.36. The van der Waals surface area contributed by atoms with Crippen LogP contribution in [0.3, 0.4) is 0 Å². The van der Waals surface area contributed by atoms with Crippen LogP contribution in [-0.2, 0) is 0 Å². The van der Waals surface area contributed by atoms with Gasteiger partial charge in [0.05, 0.1) is 16.3 Å². The zero-order chi connectivity index (χ0) is 19.2. The van der Waals surface area contributed by atoms with Crippen LogP contribution in [-0.4, -0.2) is 50.1 Å². The van der Waals surface area contributed by atoms with Crippen LogP contribution in [0.15, 0.2) is 42.5 Å². The van der Waals surface area contributed by atoms with Crippen molar-refractivity contribution in [2.45, 2.75) is 6.42 Å². The van der Waals surface area contributed by atoms with Gasteiger partial charge in [0.25, 0.3) is 5.91 Å². The number of carbonyl (C=O) groups is 1. The van der Waals surface area contributed by atoms with Gasteiger partial charge in [0, 0.05) is 37.7 Å². The molecule has 0 aromatic heterocycles. The maximum absolute atomic E-state index is 13.9. The predicted molar refractivity (Wildman–Crippen MR) is 108 cm³/mol. The molecule has 0 saturated carbocycles. The summed E-state index contributed by atoms with van der Waals surface area (Å²) in [6.45, 7) is 4.82. The molecule has 144 valence electrons. The van der Waals surface area contributed by atoms with Crippen LogP contribution in [0.1, 0.15) is 16.8 Å². The Hall–Kier alpha value is -1.82. The lowest BCUT2D eigenvalue weighted by Gasteiger charge is -2.36. The number of anilines is 1. The van der Waals surface area contributed by atoms with Crippen LogP contribution in [0.4, 0.5) is 10.1 Å². The van der Waals surface area contributed by atoms with Crippen molar-refractivity contribution >= 4 is 34.8 Å². The zero-order valence-corrected chi connectivity index (χ0v) is 16.4. The summed E-state index contributed by atoms with van der Waals surface area (Å²) in [7, 11) is 0. The Morgan fingerprint density at radius 3 is 2.52 bits per heavy atom. The minimum Gasteiger partial charge on any atom is -0.367 e. The van der Waals surface area contributed by atoms with Crippen molar-refractivity contribution < 1.29 is 9.18 Å². The smallest absolute Gasteiger partial charge is 0.252 e. The summed E-state index contributed by atoms with van der Waals surface area (Å²) >= 11 is 11.9. The summed E-state index contributed by atoms with van der Waals surface area (Å²) in [5.74, 6) is -0.365. The quantitative estimate of drug-likeness (QED) is 0.730. The number of hydrogen-bond acceptors (Lipinski definition) is 3. The average molecular weight is 410 g/mol. The molecule has 2 aromatic rings.